The van der Waals surface area contributed by atoms with Crippen molar-refractivity contribution in [3.63, 3.8) is 0 Å². The zero-order valence-corrected chi connectivity index (χ0v) is 17.2. The van der Waals surface area contributed by atoms with Crippen LogP contribution in [-0.2, 0) is 11.2 Å². The molecule has 1 heterocycles. The number of ether oxygens (including phenoxy) is 1. The third kappa shape index (κ3) is 6.45. The number of carbonyl (C=O) groups is 1. The van der Waals surface area contributed by atoms with Gasteiger partial charge in [0.15, 0.2) is 5.96 Å². The Kier molecular flexibility index (Phi) is 8.43. The van der Waals surface area contributed by atoms with Gasteiger partial charge >= 0.3 is 0 Å². The smallest absolute Gasteiger partial charge is 0.224 e. The molecule has 1 aliphatic rings. The van der Waals surface area contributed by atoms with Crippen molar-refractivity contribution in [3.8, 4) is 5.75 Å². The van der Waals surface area contributed by atoms with E-state index in [-0.39, 0.29) is 5.91 Å². The molecule has 1 fully saturated rings. The highest BCUT2D eigenvalue weighted by molar-refractivity contribution is 5.81. The molecule has 1 aromatic carbocycles. The quantitative estimate of drug-likeness (QED) is 0.568. The number of amides is 1. The number of aliphatic imine (C=N–C) groups is 1. The molecule has 0 aromatic heterocycles. The highest BCUT2D eigenvalue weighted by Gasteiger charge is 2.22. The summed E-state index contributed by atoms with van der Waals surface area (Å²) in [4.78, 5) is 18.6. The molecule has 0 radical (unpaired) electrons. The molecule has 0 saturated carbocycles. The van der Waals surface area contributed by atoms with Crippen molar-refractivity contribution in [2.45, 2.75) is 52.0 Å². The maximum atomic E-state index is 12.4. The summed E-state index contributed by atoms with van der Waals surface area (Å²) in [7, 11) is 3.45. The Morgan fingerprint density at radius 3 is 2.78 bits per heavy atom. The van der Waals surface area contributed by atoms with Crippen LogP contribution < -0.4 is 15.4 Å². The number of nitrogens with one attached hydrogen (secondary N) is 2. The molecule has 6 heteroatoms. The van der Waals surface area contributed by atoms with E-state index in [0.29, 0.717) is 19.0 Å². The van der Waals surface area contributed by atoms with Crippen LogP contribution in [0.1, 0.15) is 43.7 Å². The summed E-state index contributed by atoms with van der Waals surface area (Å²) in [6.45, 7) is 6.44. The molecule has 1 atom stereocenters. The minimum atomic E-state index is 0.233. The number of hydrogen-bond acceptors (Lipinski definition) is 3. The minimum absolute atomic E-state index is 0.233. The van der Waals surface area contributed by atoms with Gasteiger partial charge in [0.1, 0.15) is 5.75 Å². The Morgan fingerprint density at radius 2 is 2.07 bits per heavy atom. The molecule has 1 saturated heterocycles. The van der Waals surface area contributed by atoms with Gasteiger partial charge in [-0.2, -0.15) is 0 Å². The van der Waals surface area contributed by atoms with Crippen LogP contribution in [0.25, 0.3) is 0 Å². The number of piperidine rings is 1. The Balaban J connectivity index is 1.70. The highest BCUT2D eigenvalue weighted by Crippen LogP contribution is 2.19. The lowest BCUT2D eigenvalue weighted by Gasteiger charge is -2.33. The van der Waals surface area contributed by atoms with E-state index in [1.807, 2.05) is 11.8 Å². The number of likely N-dealkylation sites (tertiary alicyclic amines) is 1. The summed E-state index contributed by atoms with van der Waals surface area (Å²) in [6, 6.07) is 6.64. The van der Waals surface area contributed by atoms with Crippen LogP contribution in [0.3, 0.4) is 0 Å². The van der Waals surface area contributed by atoms with Gasteiger partial charge in [0.2, 0.25) is 5.91 Å². The number of carbonyl (C=O) groups excluding carboxylic acids is 1. The average Bonchev–Trinajstić information content (AvgIpc) is 2.68. The maximum absolute atomic E-state index is 12.4. The maximum Gasteiger partial charge on any atom is 0.224 e. The van der Waals surface area contributed by atoms with Crippen LogP contribution in [0.2, 0.25) is 0 Å². The summed E-state index contributed by atoms with van der Waals surface area (Å²) >= 11 is 0. The fraction of sp³-hybridized carbons (Fsp3) is 0.619. The van der Waals surface area contributed by atoms with Gasteiger partial charge < -0.3 is 20.3 Å². The second-order valence-electron chi connectivity index (χ2n) is 7.16. The molecule has 1 aromatic rings. The van der Waals surface area contributed by atoms with Crippen molar-refractivity contribution in [1.29, 1.82) is 0 Å². The first kappa shape index (κ1) is 21.1. The number of guanidine groups is 1. The molecule has 2 N–H and O–H groups in total. The summed E-state index contributed by atoms with van der Waals surface area (Å²) in [6.07, 6.45) is 4.84. The summed E-state index contributed by atoms with van der Waals surface area (Å²) < 4.78 is 5.37. The first-order chi connectivity index (χ1) is 13.0. The van der Waals surface area contributed by atoms with E-state index >= 15 is 0 Å². The number of nitrogens with zero attached hydrogens (tertiary/aromatic N) is 2. The molecule has 1 unspecified atom stereocenters. The van der Waals surface area contributed by atoms with Gasteiger partial charge in [-0.1, -0.05) is 12.1 Å². The molecule has 27 heavy (non-hydrogen) atoms. The molecule has 2 rings (SSSR count). The average molecular weight is 375 g/mol. The third-order valence-electron chi connectivity index (χ3n) is 5.16. The zero-order valence-electron chi connectivity index (χ0n) is 17.2. The molecule has 6 nitrogen and oxygen atoms in total. The van der Waals surface area contributed by atoms with Crippen molar-refractivity contribution in [2.24, 2.45) is 4.99 Å². The number of aryl methyl sites for hydroxylation is 1. The Labute approximate surface area is 163 Å². The number of hydrogen-bond donors (Lipinski definition) is 2. The first-order valence-electron chi connectivity index (χ1n) is 9.92. The van der Waals surface area contributed by atoms with E-state index < -0.39 is 0 Å². The molecule has 1 aliphatic heterocycles. The van der Waals surface area contributed by atoms with Crippen LogP contribution in [0.5, 0.6) is 5.75 Å². The lowest BCUT2D eigenvalue weighted by molar-refractivity contribution is -0.134. The van der Waals surface area contributed by atoms with Crippen molar-refractivity contribution in [3.05, 3.63) is 29.3 Å². The van der Waals surface area contributed by atoms with Gasteiger partial charge in [0, 0.05) is 39.1 Å². The van der Waals surface area contributed by atoms with Gasteiger partial charge in [0.05, 0.1) is 7.11 Å². The van der Waals surface area contributed by atoms with Crippen LogP contribution in [0.4, 0.5) is 0 Å². The number of benzene rings is 1. The molecule has 1 amide bonds. The van der Waals surface area contributed by atoms with Crippen molar-refractivity contribution in [1.82, 2.24) is 15.5 Å². The van der Waals surface area contributed by atoms with Crippen molar-refractivity contribution >= 4 is 11.9 Å². The molecular formula is C21H34N4O2. The number of rotatable bonds is 7. The predicted octanol–water partition coefficient (Wildman–Crippen LogP) is 2.50. The van der Waals surface area contributed by atoms with Crippen LogP contribution in [-0.4, -0.2) is 56.6 Å². The molecule has 0 aliphatic carbocycles. The van der Waals surface area contributed by atoms with Crippen molar-refractivity contribution < 1.29 is 9.53 Å². The largest absolute Gasteiger partial charge is 0.496 e. The van der Waals surface area contributed by atoms with Gasteiger partial charge in [-0.3, -0.25) is 9.79 Å². The van der Waals surface area contributed by atoms with E-state index in [9.17, 15) is 4.79 Å². The molecule has 0 bridgehead atoms. The Morgan fingerprint density at radius 1 is 1.30 bits per heavy atom. The molecule has 0 spiro atoms. The monoisotopic (exact) mass is 374 g/mol. The number of methoxy groups -OCH3 is 1. The second kappa shape index (κ2) is 10.8. The van der Waals surface area contributed by atoms with E-state index in [2.05, 4.69) is 40.7 Å². The van der Waals surface area contributed by atoms with Gasteiger partial charge in [0.25, 0.3) is 0 Å². The normalized spacial score (nSPS) is 17.6. The van der Waals surface area contributed by atoms with E-state index in [1.165, 1.54) is 12.0 Å². The van der Waals surface area contributed by atoms with E-state index in [4.69, 9.17) is 4.74 Å². The summed E-state index contributed by atoms with van der Waals surface area (Å²) in [5.41, 5.74) is 2.36. The van der Waals surface area contributed by atoms with Crippen LogP contribution in [0, 0.1) is 6.92 Å². The van der Waals surface area contributed by atoms with Gasteiger partial charge in [-0.05, 0) is 56.7 Å². The standard InChI is InChI=1S/C21H34N4O2/c1-16-8-9-18(15-19(16)27-4)10-12-23-21(22-3)24-13-11-20(26)25-14-6-5-7-17(25)2/h8-9,15,17H,5-7,10-14H2,1-4H3,(H2,22,23,24). The van der Waals surface area contributed by atoms with Gasteiger partial charge in [-0.25, -0.2) is 0 Å². The topological polar surface area (TPSA) is 66.0 Å². The lowest BCUT2D eigenvalue weighted by atomic mass is 10.0. The SMILES string of the molecule is CN=C(NCCC(=O)N1CCCCC1C)NCCc1ccc(C)c(OC)c1. The van der Waals surface area contributed by atoms with Gasteiger partial charge in [-0.15, -0.1) is 0 Å². The van der Waals surface area contributed by atoms with Crippen LogP contribution >= 0.6 is 0 Å². The zero-order chi connectivity index (χ0) is 19.6. The summed E-state index contributed by atoms with van der Waals surface area (Å²) in [5.74, 6) is 1.88. The predicted molar refractivity (Wildman–Crippen MR) is 110 cm³/mol. The minimum Gasteiger partial charge on any atom is -0.496 e. The summed E-state index contributed by atoms with van der Waals surface area (Å²) in [5, 5.41) is 6.54. The molecular weight excluding hydrogens is 340 g/mol. The highest BCUT2D eigenvalue weighted by atomic mass is 16.5. The Hall–Kier alpha value is -2.24. The first-order valence-corrected chi connectivity index (χ1v) is 9.92. The fourth-order valence-corrected chi connectivity index (χ4v) is 3.47. The lowest BCUT2D eigenvalue weighted by Crippen LogP contribution is -2.44. The van der Waals surface area contributed by atoms with Crippen molar-refractivity contribution in [2.75, 3.05) is 33.8 Å². The fourth-order valence-electron chi connectivity index (χ4n) is 3.47. The van der Waals surface area contributed by atoms with Crippen LogP contribution in [0.15, 0.2) is 23.2 Å². The molecule has 150 valence electrons. The van der Waals surface area contributed by atoms with E-state index in [1.54, 1.807) is 14.2 Å². The second-order valence-corrected chi connectivity index (χ2v) is 7.16. The van der Waals surface area contributed by atoms with E-state index in [0.717, 1.165) is 49.6 Å². The third-order valence-corrected chi connectivity index (χ3v) is 5.16. The Bertz CT molecular complexity index is 645.